The molecule has 1 aliphatic carbocycles. The van der Waals surface area contributed by atoms with Gasteiger partial charge in [0.1, 0.15) is 17.3 Å². The first-order chi connectivity index (χ1) is 20.8. The number of ether oxygens (including phenoxy) is 1. The summed E-state index contributed by atoms with van der Waals surface area (Å²) in [6.45, 7) is 5.26. The molecule has 2 aliphatic heterocycles. The van der Waals surface area contributed by atoms with Gasteiger partial charge in [0.05, 0.1) is 17.0 Å². The van der Waals surface area contributed by atoms with Crippen LogP contribution >= 0.6 is 0 Å². The maximum Gasteiger partial charge on any atom is 0.261 e. The summed E-state index contributed by atoms with van der Waals surface area (Å²) in [4.78, 5) is 33.1. The fourth-order valence-corrected chi connectivity index (χ4v) is 5.83. The van der Waals surface area contributed by atoms with Crippen molar-refractivity contribution < 1.29 is 23.2 Å². The minimum atomic E-state index is -0.562. The average molecular weight is 583 g/mol. The number of aromatic nitrogens is 4. The highest BCUT2D eigenvalue weighted by atomic mass is 19.1. The molecule has 0 bridgehead atoms. The lowest BCUT2D eigenvalue weighted by Crippen LogP contribution is -2.27. The Bertz CT molecular complexity index is 1690. The van der Waals surface area contributed by atoms with Gasteiger partial charge < -0.3 is 19.1 Å². The molecule has 43 heavy (non-hydrogen) atoms. The van der Waals surface area contributed by atoms with Gasteiger partial charge in [0.15, 0.2) is 5.82 Å². The van der Waals surface area contributed by atoms with Gasteiger partial charge in [0.2, 0.25) is 11.8 Å². The molecule has 0 N–H and O–H groups in total. The van der Waals surface area contributed by atoms with Crippen LogP contribution in [0.15, 0.2) is 53.1 Å². The predicted octanol–water partition coefficient (Wildman–Crippen LogP) is 5.28. The second-order valence-electron chi connectivity index (χ2n) is 11.8. The molecule has 1 saturated carbocycles. The van der Waals surface area contributed by atoms with Gasteiger partial charge in [-0.2, -0.15) is 15.2 Å². The summed E-state index contributed by atoms with van der Waals surface area (Å²) in [5.74, 6) is 0.909. The van der Waals surface area contributed by atoms with E-state index in [0.717, 1.165) is 29.8 Å². The smallest absolute Gasteiger partial charge is 0.261 e. The maximum absolute atomic E-state index is 15.6. The number of rotatable bonds is 8. The van der Waals surface area contributed by atoms with Crippen LogP contribution in [0.25, 0.3) is 22.7 Å². The third-order valence-corrected chi connectivity index (χ3v) is 8.28. The lowest BCUT2D eigenvalue weighted by molar-refractivity contribution is -0.129. The topological polar surface area (TPSA) is 115 Å². The first-order valence-corrected chi connectivity index (χ1v) is 14.6. The van der Waals surface area contributed by atoms with Crippen LogP contribution in [0.1, 0.15) is 55.6 Å². The second-order valence-corrected chi connectivity index (χ2v) is 11.8. The molecular formula is C32H31FN6O4. The van der Waals surface area contributed by atoms with E-state index in [1.807, 2.05) is 43.0 Å². The maximum atomic E-state index is 15.6. The Hall–Kier alpha value is -4.67. The molecule has 2 aromatic heterocycles. The molecule has 2 aromatic carbocycles. The van der Waals surface area contributed by atoms with Crippen molar-refractivity contribution in [3.8, 4) is 34.2 Å². The van der Waals surface area contributed by atoms with Crippen molar-refractivity contribution in [3.05, 3.63) is 71.4 Å². The summed E-state index contributed by atoms with van der Waals surface area (Å²) in [5, 5.41) is 12.5. The average Bonchev–Trinajstić information content (AvgIpc) is 3.43. The summed E-state index contributed by atoms with van der Waals surface area (Å²) < 4.78 is 27.4. The standard InChI is InChI=1S/C32H31FN6O4/c1-18-11-29(40)38(15-18)16-21-12-26(33)25(32-34-31(37-43-32)22-13-30(41)39(17-22)23-6-7-23)14-28(21)42-24-8-4-20(5-9-24)27-10-3-19(2)35-36-27/h3-5,8-10,12,14,18,22-23H,6-7,11,13,15-17H2,1-2H3/t18-,22-/m0/s1. The van der Waals surface area contributed by atoms with Gasteiger partial charge in [-0.3, -0.25) is 9.59 Å². The van der Waals surface area contributed by atoms with Crippen molar-refractivity contribution in [2.24, 2.45) is 5.92 Å². The third kappa shape index (κ3) is 5.59. The third-order valence-electron chi connectivity index (χ3n) is 8.28. The summed E-state index contributed by atoms with van der Waals surface area (Å²) in [5.41, 5.74) is 3.06. The number of benzene rings is 2. The largest absolute Gasteiger partial charge is 0.457 e. The van der Waals surface area contributed by atoms with Crippen LogP contribution in [-0.2, 0) is 16.1 Å². The monoisotopic (exact) mass is 582 g/mol. The fourth-order valence-electron chi connectivity index (χ4n) is 5.83. The number of carbonyl (C=O) groups excluding carboxylic acids is 2. The van der Waals surface area contributed by atoms with Crippen molar-refractivity contribution in [2.75, 3.05) is 13.1 Å². The fraction of sp³-hybridized carbons (Fsp3) is 0.375. The number of halogens is 1. The van der Waals surface area contributed by atoms with E-state index in [2.05, 4.69) is 20.3 Å². The van der Waals surface area contributed by atoms with Crippen LogP contribution < -0.4 is 4.74 Å². The lowest BCUT2D eigenvalue weighted by Gasteiger charge is -2.19. The summed E-state index contributed by atoms with van der Waals surface area (Å²) >= 11 is 0. The van der Waals surface area contributed by atoms with Gasteiger partial charge in [-0.05, 0) is 74.2 Å². The molecule has 0 spiro atoms. The van der Waals surface area contributed by atoms with Gasteiger partial charge in [-0.15, -0.1) is 0 Å². The molecule has 2 saturated heterocycles. The Kier molecular flexibility index (Phi) is 6.87. The Morgan fingerprint density at radius 1 is 1.00 bits per heavy atom. The van der Waals surface area contributed by atoms with E-state index < -0.39 is 5.82 Å². The van der Waals surface area contributed by atoms with E-state index in [1.54, 1.807) is 23.1 Å². The Labute approximate surface area is 247 Å². The highest BCUT2D eigenvalue weighted by molar-refractivity contribution is 5.80. The van der Waals surface area contributed by atoms with Gasteiger partial charge in [0, 0.05) is 55.6 Å². The van der Waals surface area contributed by atoms with Crippen molar-refractivity contribution in [1.82, 2.24) is 30.1 Å². The predicted molar refractivity (Wildman–Crippen MR) is 153 cm³/mol. The number of nitrogens with zero attached hydrogens (tertiary/aromatic N) is 6. The normalized spacial score (nSPS) is 20.3. The van der Waals surface area contributed by atoms with Crippen molar-refractivity contribution in [1.29, 1.82) is 0 Å². The molecule has 7 rings (SSSR count). The minimum Gasteiger partial charge on any atom is -0.457 e. The van der Waals surface area contributed by atoms with E-state index in [4.69, 9.17) is 9.26 Å². The van der Waals surface area contributed by atoms with E-state index in [9.17, 15) is 9.59 Å². The van der Waals surface area contributed by atoms with E-state index >= 15 is 4.39 Å². The molecule has 4 aromatic rings. The number of amides is 2. The zero-order chi connectivity index (χ0) is 29.7. The minimum absolute atomic E-state index is 0.0142. The number of aryl methyl sites for hydroxylation is 1. The SMILES string of the molecule is Cc1ccc(-c2ccc(Oc3cc(-c4nc([C@H]5CC(=O)N(C6CC6)C5)no4)c(F)cc3CN3C[C@@H](C)CC3=O)cc2)nn1. The van der Waals surface area contributed by atoms with Gasteiger partial charge in [-0.1, -0.05) is 12.1 Å². The van der Waals surface area contributed by atoms with Crippen LogP contribution in [0.5, 0.6) is 11.5 Å². The number of hydrogen-bond donors (Lipinski definition) is 0. The van der Waals surface area contributed by atoms with Crippen LogP contribution in [0.3, 0.4) is 0 Å². The van der Waals surface area contributed by atoms with E-state index in [-0.39, 0.29) is 41.6 Å². The Morgan fingerprint density at radius 2 is 1.81 bits per heavy atom. The summed E-state index contributed by atoms with van der Waals surface area (Å²) in [6.07, 6.45) is 2.84. The number of likely N-dealkylation sites (tertiary alicyclic amines) is 2. The molecular weight excluding hydrogens is 551 g/mol. The van der Waals surface area contributed by atoms with Gasteiger partial charge in [-0.25, -0.2) is 4.39 Å². The summed E-state index contributed by atoms with van der Waals surface area (Å²) in [7, 11) is 0. The molecule has 4 heterocycles. The molecule has 2 amide bonds. The molecule has 11 heteroatoms. The first-order valence-electron chi connectivity index (χ1n) is 14.6. The van der Waals surface area contributed by atoms with E-state index in [1.165, 1.54) is 6.07 Å². The second kappa shape index (κ2) is 10.9. The van der Waals surface area contributed by atoms with Crippen molar-refractivity contribution in [3.63, 3.8) is 0 Å². The van der Waals surface area contributed by atoms with Gasteiger partial charge in [0.25, 0.3) is 5.89 Å². The van der Waals surface area contributed by atoms with Crippen LogP contribution in [0, 0.1) is 18.7 Å². The van der Waals surface area contributed by atoms with Crippen LogP contribution in [-0.4, -0.2) is 61.1 Å². The quantitative estimate of drug-likeness (QED) is 0.276. The van der Waals surface area contributed by atoms with Crippen molar-refractivity contribution in [2.45, 2.75) is 58.0 Å². The molecule has 3 aliphatic rings. The summed E-state index contributed by atoms with van der Waals surface area (Å²) in [6, 6.07) is 14.4. The molecule has 10 nitrogen and oxygen atoms in total. The number of carbonyl (C=O) groups is 2. The van der Waals surface area contributed by atoms with Crippen LogP contribution in [0.4, 0.5) is 4.39 Å². The molecule has 0 unspecified atom stereocenters. The molecule has 0 radical (unpaired) electrons. The molecule has 3 fully saturated rings. The van der Waals surface area contributed by atoms with Crippen molar-refractivity contribution >= 4 is 11.8 Å². The molecule has 220 valence electrons. The van der Waals surface area contributed by atoms with Crippen LogP contribution in [0.2, 0.25) is 0 Å². The highest BCUT2D eigenvalue weighted by Crippen LogP contribution is 2.38. The Balaban J connectivity index is 1.18. The first kappa shape index (κ1) is 27.2. The highest BCUT2D eigenvalue weighted by Gasteiger charge is 2.41. The van der Waals surface area contributed by atoms with Gasteiger partial charge >= 0.3 is 0 Å². The Morgan fingerprint density at radius 3 is 2.51 bits per heavy atom. The van der Waals surface area contributed by atoms with E-state index in [0.29, 0.717) is 54.9 Å². The molecule has 2 atom stereocenters. The lowest BCUT2D eigenvalue weighted by atomic mass is 10.1. The zero-order valence-corrected chi connectivity index (χ0v) is 24.0. The zero-order valence-electron chi connectivity index (χ0n) is 24.0. The number of hydrogen-bond acceptors (Lipinski definition) is 8.